The normalized spacial score (nSPS) is 11.9. The van der Waals surface area contributed by atoms with Crippen molar-refractivity contribution in [2.45, 2.75) is 6.04 Å². The molecule has 1 aromatic rings. The van der Waals surface area contributed by atoms with E-state index in [-0.39, 0.29) is 16.8 Å². The molecule has 0 aliphatic heterocycles. The largest absolute Gasteiger partial charge is 0.484 e. The molecule has 0 aromatic heterocycles. The van der Waals surface area contributed by atoms with Crippen LogP contribution in [0, 0.1) is 15.9 Å². The molecular formula is C9H9BrFN3O4. The van der Waals surface area contributed by atoms with Crippen LogP contribution < -0.4 is 16.2 Å². The Kier molecular flexibility index (Phi) is 4.56. The van der Waals surface area contributed by atoms with Crippen LogP contribution >= 0.6 is 15.9 Å². The van der Waals surface area contributed by atoms with E-state index in [9.17, 15) is 19.3 Å². The van der Waals surface area contributed by atoms with E-state index >= 15 is 0 Å². The van der Waals surface area contributed by atoms with Crippen LogP contribution in [0.2, 0.25) is 0 Å². The molecule has 1 atom stereocenters. The maximum absolute atomic E-state index is 13.0. The van der Waals surface area contributed by atoms with E-state index in [4.69, 9.17) is 16.2 Å². The van der Waals surface area contributed by atoms with Gasteiger partial charge in [-0.2, -0.15) is 0 Å². The standard InChI is InChI=1S/C9H9BrFN3O4/c10-5-1-4(11)2-7(14(16)17)8(5)18-3-6(12)9(13)15/h1-2,6H,3,12H2,(H2,13,15). The van der Waals surface area contributed by atoms with Crippen LogP contribution in [0.5, 0.6) is 5.75 Å². The lowest BCUT2D eigenvalue weighted by Crippen LogP contribution is -2.41. The molecule has 0 saturated heterocycles. The van der Waals surface area contributed by atoms with Gasteiger partial charge >= 0.3 is 5.69 Å². The number of ether oxygens (including phenoxy) is 1. The Morgan fingerprint density at radius 3 is 2.72 bits per heavy atom. The summed E-state index contributed by atoms with van der Waals surface area (Å²) in [4.78, 5) is 20.6. The van der Waals surface area contributed by atoms with Gasteiger partial charge in [-0.05, 0) is 22.0 Å². The summed E-state index contributed by atoms with van der Waals surface area (Å²) >= 11 is 2.93. The van der Waals surface area contributed by atoms with Crippen molar-refractivity contribution in [3.8, 4) is 5.75 Å². The summed E-state index contributed by atoms with van der Waals surface area (Å²) in [6, 6.07) is 0.593. The minimum absolute atomic E-state index is 0.0471. The highest BCUT2D eigenvalue weighted by molar-refractivity contribution is 9.10. The molecule has 1 unspecified atom stereocenters. The van der Waals surface area contributed by atoms with Gasteiger partial charge in [0, 0.05) is 0 Å². The second-order valence-electron chi connectivity index (χ2n) is 3.31. The number of benzene rings is 1. The van der Waals surface area contributed by atoms with Crippen LogP contribution in [0.3, 0.4) is 0 Å². The molecule has 1 rings (SSSR count). The number of hydrogen-bond acceptors (Lipinski definition) is 5. The number of halogens is 2. The van der Waals surface area contributed by atoms with Crippen molar-refractivity contribution in [3.05, 3.63) is 32.5 Å². The summed E-state index contributed by atoms with van der Waals surface area (Å²) in [6.45, 7) is -0.347. The summed E-state index contributed by atoms with van der Waals surface area (Å²) in [5, 5.41) is 10.7. The zero-order chi connectivity index (χ0) is 13.9. The van der Waals surface area contributed by atoms with Crippen LogP contribution in [0.4, 0.5) is 10.1 Å². The van der Waals surface area contributed by atoms with Crippen LogP contribution in [-0.2, 0) is 4.79 Å². The van der Waals surface area contributed by atoms with Gasteiger partial charge in [0.05, 0.1) is 15.5 Å². The highest BCUT2D eigenvalue weighted by atomic mass is 79.9. The van der Waals surface area contributed by atoms with E-state index in [2.05, 4.69) is 15.9 Å². The molecule has 0 spiro atoms. The lowest BCUT2D eigenvalue weighted by atomic mass is 10.3. The SMILES string of the molecule is NC(=O)C(N)COc1c(Br)cc(F)cc1[N+](=O)[O-]. The molecule has 0 saturated carbocycles. The van der Waals surface area contributed by atoms with Gasteiger partial charge in [-0.15, -0.1) is 0 Å². The van der Waals surface area contributed by atoms with E-state index in [1.54, 1.807) is 0 Å². The number of nitro benzene ring substituents is 1. The number of primary amides is 1. The minimum Gasteiger partial charge on any atom is -0.484 e. The van der Waals surface area contributed by atoms with Crippen molar-refractivity contribution in [1.82, 2.24) is 0 Å². The lowest BCUT2D eigenvalue weighted by molar-refractivity contribution is -0.386. The highest BCUT2D eigenvalue weighted by Crippen LogP contribution is 2.35. The van der Waals surface area contributed by atoms with Crippen LogP contribution in [0.1, 0.15) is 0 Å². The molecule has 18 heavy (non-hydrogen) atoms. The Morgan fingerprint density at radius 2 is 2.22 bits per heavy atom. The maximum Gasteiger partial charge on any atom is 0.315 e. The van der Waals surface area contributed by atoms with Gasteiger partial charge in [0.2, 0.25) is 11.7 Å². The molecule has 1 aromatic carbocycles. The van der Waals surface area contributed by atoms with Gasteiger partial charge in [0.1, 0.15) is 18.5 Å². The number of carbonyl (C=O) groups is 1. The van der Waals surface area contributed by atoms with Crippen molar-refractivity contribution in [2.24, 2.45) is 11.5 Å². The number of hydrogen-bond donors (Lipinski definition) is 2. The Bertz CT molecular complexity index is 497. The van der Waals surface area contributed by atoms with Gasteiger partial charge in [-0.3, -0.25) is 14.9 Å². The van der Waals surface area contributed by atoms with E-state index in [0.717, 1.165) is 6.07 Å². The third-order valence-electron chi connectivity index (χ3n) is 1.96. The molecule has 0 fully saturated rings. The molecular weight excluding hydrogens is 313 g/mol. The van der Waals surface area contributed by atoms with Crippen LogP contribution in [0.25, 0.3) is 0 Å². The number of nitro groups is 1. The predicted molar refractivity (Wildman–Crippen MR) is 63.4 cm³/mol. The summed E-state index contributed by atoms with van der Waals surface area (Å²) in [6.07, 6.45) is 0. The third-order valence-corrected chi connectivity index (χ3v) is 2.55. The van der Waals surface area contributed by atoms with E-state index < -0.39 is 28.4 Å². The smallest absolute Gasteiger partial charge is 0.315 e. The number of rotatable bonds is 5. The van der Waals surface area contributed by atoms with Crippen molar-refractivity contribution >= 4 is 27.5 Å². The number of nitrogens with two attached hydrogens (primary N) is 2. The minimum atomic E-state index is -1.11. The van der Waals surface area contributed by atoms with Gasteiger partial charge in [-0.1, -0.05) is 0 Å². The Hall–Kier alpha value is -1.74. The molecule has 9 heteroatoms. The first kappa shape index (κ1) is 14.3. The fraction of sp³-hybridized carbons (Fsp3) is 0.222. The Morgan fingerprint density at radius 1 is 1.61 bits per heavy atom. The molecule has 7 nitrogen and oxygen atoms in total. The summed E-state index contributed by atoms with van der Waals surface area (Å²) in [7, 11) is 0. The van der Waals surface area contributed by atoms with E-state index in [1.165, 1.54) is 0 Å². The molecule has 0 radical (unpaired) electrons. The van der Waals surface area contributed by atoms with Gasteiger partial charge in [0.25, 0.3) is 0 Å². The van der Waals surface area contributed by atoms with Gasteiger partial charge < -0.3 is 16.2 Å². The van der Waals surface area contributed by atoms with Gasteiger partial charge in [-0.25, -0.2) is 4.39 Å². The average Bonchev–Trinajstić information content (AvgIpc) is 2.26. The fourth-order valence-electron chi connectivity index (χ4n) is 1.08. The lowest BCUT2D eigenvalue weighted by Gasteiger charge is -2.11. The first-order valence-corrected chi connectivity index (χ1v) is 5.43. The third kappa shape index (κ3) is 3.37. The van der Waals surface area contributed by atoms with Crippen LogP contribution in [-0.4, -0.2) is 23.5 Å². The van der Waals surface area contributed by atoms with Crippen molar-refractivity contribution in [1.29, 1.82) is 0 Å². The number of nitrogens with zero attached hydrogens (tertiary/aromatic N) is 1. The monoisotopic (exact) mass is 321 g/mol. The quantitative estimate of drug-likeness (QED) is 0.610. The zero-order valence-electron chi connectivity index (χ0n) is 8.93. The number of amides is 1. The first-order valence-electron chi connectivity index (χ1n) is 4.64. The molecule has 0 aliphatic rings. The maximum atomic E-state index is 13.0. The topological polar surface area (TPSA) is 121 Å². The molecule has 98 valence electrons. The second kappa shape index (κ2) is 5.74. The Labute approximate surface area is 109 Å². The summed E-state index contributed by atoms with van der Waals surface area (Å²) < 4.78 is 18.1. The summed E-state index contributed by atoms with van der Waals surface area (Å²) in [5.74, 6) is -1.81. The molecule has 4 N–H and O–H groups in total. The van der Waals surface area contributed by atoms with Crippen molar-refractivity contribution in [3.63, 3.8) is 0 Å². The molecule has 1 amide bonds. The van der Waals surface area contributed by atoms with E-state index in [0.29, 0.717) is 6.07 Å². The number of carbonyl (C=O) groups excluding carboxylic acids is 1. The van der Waals surface area contributed by atoms with E-state index in [1.807, 2.05) is 0 Å². The fourth-order valence-corrected chi connectivity index (χ4v) is 1.62. The van der Waals surface area contributed by atoms with Crippen LogP contribution in [0.15, 0.2) is 16.6 Å². The molecule has 0 heterocycles. The molecule has 0 aliphatic carbocycles. The highest BCUT2D eigenvalue weighted by Gasteiger charge is 2.22. The average molecular weight is 322 g/mol. The molecule has 0 bridgehead atoms. The van der Waals surface area contributed by atoms with Gasteiger partial charge in [0.15, 0.2) is 0 Å². The zero-order valence-corrected chi connectivity index (χ0v) is 10.5. The summed E-state index contributed by atoms with van der Waals surface area (Å²) in [5.41, 5.74) is 9.65. The first-order chi connectivity index (χ1) is 8.32. The Balaban J connectivity index is 3.00. The predicted octanol–water partition coefficient (Wildman–Crippen LogP) is 0.688. The van der Waals surface area contributed by atoms with Crippen molar-refractivity contribution in [2.75, 3.05) is 6.61 Å². The van der Waals surface area contributed by atoms with Crippen molar-refractivity contribution < 1.29 is 18.8 Å². The second-order valence-corrected chi connectivity index (χ2v) is 4.17.